The van der Waals surface area contributed by atoms with Crippen LogP contribution in [-0.2, 0) is 0 Å². The molecule has 3 rings (SSSR count). The molecule has 78 valence electrons. The zero-order valence-electron chi connectivity index (χ0n) is 8.19. The molecule has 0 bridgehead atoms. The predicted molar refractivity (Wildman–Crippen MR) is 69.2 cm³/mol. The summed E-state index contributed by atoms with van der Waals surface area (Å²) >= 11 is 5.45. The zero-order chi connectivity index (χ0) is 10.3. The molecule has 1 atom stereocenters. The van der Waals surface area contributed by atoms with Crippen LogP contribution in [0.1, 0.15) is 6.42 Å². The van der Waals surface area contributed by atoms with Gasteiger partial charge in [0, 0.05) is 34.2 Å². The molecule has 15 heavy (non-hydrogen) atoms. The van der Waals surface area contributed by atoms with Crippen LogP contribution in [0.3, 0.4) is 0 Å². The lowest BCUT2D eigenvalue weighted by Crippen LogP contribution is -2.20. The Hall–Kier alpha value is -0.610. The average molecular weight is 283 g/mol. The maximum atomic E-state index is 4.51. The largest absolute Gasteiger partial charge is 0.355 e. The lowest BCUT2D eigenvalue weighted by atomic mass is 10.3. The number of rotatable bonds is 1. The molecule has 1 saturated heterocycles. The van der Waals surface area contributed by atoms with Crippen LogP contribution >= 0.6 is 27.3 Å². The second-order valence-electron chi connectivity index (χ2n) is 3.80. The van der Waals surface area contributed by atoms with Gasteiger partial charge >= 0.3 is 0 Å². The molecule has 2 aromatic heterocycles. The molecule has 1 aliphatic heterocycles. The van der Waals surface area contributed by atoms with Gasteiger partial charge in [-0.2, -0.15) is 0 Å². The molecule has 0 saturated carbocycles. The first kappa shape index (κ1) is 9.60. The fourth-order valence-corrected chi connectivity index (χ4v) is 3.37. The molecule has 0 spiro atoms. The van der Waals surface area contributed by atoms with E-state index in [2.05, 4.69) is 43.3 Å². The molecule has 3 heterocycles. The van der Waals surface area contributed by atoms with E-state index in [4.69, 9.17) is 0 Å². The molecule has 0 radical (unpaired) electrons. The highest BCUT2D eigenvalue weighted by Crippen LogP contribution is 2.31. The first-order valence-corrected chi connectivity index (χ1v) is 6.85. The van der Waals surface area contributed by atoms with Gasteiger partial charge in [0.2, 0.25) is 0 Å². The average Bonchev–Trinajstić information content (AvgIpc) is 2.84. The highest BCUT2D eigenvalue weighted by atomic mass is 79.9. The number of anilines is 1. The van der Waals surface area contributed by atoms with Gasteiger partial charge in [0.05, 0.1) is 0 Å². The van der Waals surface area contributed by atoms with E-state index < -0.39 is 0 Å². The Morgan fingerprint density at radius 1 is 1.47 bits per heavy atom. The minimum atomic E-state index is 0.619. The summed E-state index contributed by atoms with van der Waals surface area (Å²) in [6.07, 6.45) is 3.12. The zero-order valence-corrected chi connectivity index (χ0v) is 10.6. The van der Waals surface area contributed by atoms with Crippen LogP contribution in [0, 0.1) is 0 Å². The molecule has 0 aliphatic carbocycles. The number of hydrogen-bond acceptors (Lipinski definition) is 3. The van der Waals surface area contributed by atoms with Crippen molar-refractivity contribution in [2.75, 3.05) is 18.0 Å². The summed E-state index contributed by atoms with van der Waals surface area (Å²) in [6.45, 7) is 2.18. The number of hydrogen-bond donors (Lipinski definition) is 0. The Balaban J connectivity index is 2.06. The fourth-order valence-electron chi connectivity index (χ4n) is 2.04. The maximum Gasteiger partial charge on any atom is 0.137 e. The number of alkyl halides is 1. The molecule has 0 N–H and O–H groups in total. The first-order valence-electron chi connectivity index (χ1n) is 5.06. The van der Waals surface area contributed by atoms with Gasteiger partial charge in [0.15, 0.2) is 0 Å². The third-order valence-electron chi connectivity index (χ3n) is 2.79. The van der Waals surface area contributed by atoms with Crippen molar-refractivity contribution in [3.8, 4) is 0 Å². The summed E-state index contributed by atoms with van der Waals surface area (Å²) in [7, 11) is 0. The summed E-state index contributed by atoms with van der Waals surface area (Å²) in [6, 6.07) is 4.26. The molecule has 0 amide bonds. The molecule has 2 nitrogen and oxygen atoms in total. The van der Waals surface area contributed by atoms with Crippen molar-refractivity contribution in [2.45, 2.75) is 11.2 Å². The second-order valence-corrected chi connectivity index (χ2v) is 6.04. The molecule has 1 fully saturated rings. The highest BCUT2D eigenvalue weighted by Gasteiger charge is 2.22. The van der Waals surface area contributed by atoms with Crippen LogP contribution < -0.4 is 4.90 Å². The summed E-state index contributed by atoms with van der Waals surface area (Å²) in [4.78, 5) is 7.50. The smallest absolute Gasteiger partial charge is 0.137 e. The third-order valence-corrected chi connectivity index (χ3v) is 4.42. The first-order chi connectivity index (χ1) is 7.34. The van der Waals surface area contributed by atoms with E-state index in [1.54, 1.807) is 11.3 Å². The number of halogens is 1. The van der Waals surface area contributed by atoms with Gasteiger partial charge in [0.1, 0.15) is 5.82 Å². The number of nitrogens with zero attached hydrogens (tertiary/aromatic N) is 2. The quantitative estimate of drug-likeness (QED) is 0.747. The maximum absolute atomic E-state index is 4.51. The lowest BCUT2D eigenvalue weighted by Gasteiger charge is -2.17. The summed E-state index contributed by atoms with van der Waals surface area (Å²) in [5.74, 6) is 1.15. The van der Waals surface area contributed by atoms with Crippen molar-refractivity contribution in [3.63, 3.8) is 0 Å². The molecule has 1 unspecified atom stereocenters. The predicted octanol–water partition coefficient (Wildman–Crippen LogP) is 3.27. The van der Waals surface area contributed by atoms with Crippen molar-refractivity contribution in [3.05, 3.63) is 23.7 Å². The Bertz CT molecular complexity index is 482. The SMILES string of the molecule is BrC1CCN(c2nccc3sccc23)C1. The highest BCUT2D eigenvalue weighted by molar-refractivity contribution is 9.09. The van der Waals surface area contributed by atoms with Crippen molar-refractivity contribution in [1.82, 2.24) is 4.98 Å². The van der Waals surface area contributed by atoms with Crippen molar-refractivity contribution in [1.29, 1.82) is 0 Å². The van der Waals surface area contributed by atoms with E-state index in [-0.39, 0.29) is 0 Å². The van der Waals surface area contributed by atoms with E-state index in [9.17, 15) is 0 Å². The Morgan fingerprint density at radius 3 is 3.20 bits per heavy atom. The molecule has 2 aromatic rings. The van der Waals surface area contributed by atoms with Crippen LogP contribution in [0.5, 0.6) is 0 Å². The van der Waals surface area contributed by atoms with E-state index in [0.717, 1.165) is 18.9 Å². The van der Waals surface area contributed by atoms with Crippen LogP contribution in [0.4, 0.5) is 5.82 Å². The minimum Gasteiger partial charge on any atom is -0.355 e. The molecule has 1 aliphatic rings. The lowest BCUT2D eigenvalue weighted by molar-refractivity contribution is 0.947. The standard InChI is InChI=1S/C11H11BrN2S/c12-8-2-5-14(7-8)11-9-3-6-15-10(9)1-4-13-11/h1,3-4,6,8H,2,5,7H2. The van der Waals surface area contributed by atoms with Crippen LogP contribution in [0.2, 0.25) is 0 Å². The second kappa shape index (κ2) is 3.76. The monoisotopic (exact) mass is 282 g/mol. The van der Waals surface area contributed by atoms with Crippen LogP contribution in [0.25, 0.3) is 10.1 Å². The van der Waals surface area contributed by atoms with Gasteiger partial charge in [0.25, 0.3) is 0 Å². The Morgan fingerprint density at radius 2 is 2.40 bits per heavy atom. The van der Waals surface area contributed by atoms with Crippen molar-refractivity contribution < 1.29 is 0 Å². The summed E-state index contributed by atoms with van der Waals surface area (Å²) < 4.78 is 1.33. The summed E-state index contributed by atoms with van der Waals surface area (Å²) in [5.41, 5.74) is 0. The fraction of sp³-hybridized carbons (Fsp3) is 0.364. The van der Waals surface area contributed by atoms with Crippen molar-refractivity contribution in [2.24, 2.45) is 0 Å². The van der Waals surface area contributed by atoms with E-state index in [1.807, 2.05) is 6.20 Å². The normalized spacial score (nSPS) is 21.4. The van der Waals surface area contributed by atoms with Gasteiger partial charge in [-0.05, 0) is 23.9 Å². The van der Waals surface area contributed by atoms with Gasteiger partial charge in [-0.15, -0.1) is 11.3 Å². The van der Waals surface area contributed by atoms with Gasteiger partial charge < -0.3 is 4.90 Å². The molecular weight excluding hydrogens is 272 g/mol. The van der Waals surface area contributed by atoms with Crippen LogP contribution in [-0.4, -0.2) is 22.9 Å². The summed E-state index contributed by atoms with van der Waals surface area (Å²) in [5, 5.41) is 3.43. The molecule has 4 heteroatoms. The van der Waals surface area contributed by atoms with E-state index in [1.165, 1.54) is 16.5 Å². The minimum absolute atomic E-state index is 0.619. The van der Waals surface area contributed by atoms with E-state index >= 15 is 0 Å². The van der Waals surface area contributed by atoms with E-state index in [0.29, 0.717) is 4.83 Å². The Labute approximate surface area is 101 Å². The van der Waals surface area contributed by atoms with Gasteiger partial charge in [-0.25, -0.2) is 4.98 Å². The van der Waals surface area contributed by atoms with Gasteiger partial charge in [-0.3, -0.25) is 0 Å². The number of pyridine rings is 1. The van der Waals surface area contributed by atoms with Crippen molar-refractivity contribution >= 4 is 43.2 Å². The number of fused-ring (bicyclic) bond motifs is 1. The molecular formula is C11H11BrN2S. The molecule has 0 aromatic carbocycles. The Kier molecular flexibility index (Phi) is 2.41. The topological polar surface area (TPSA) is 16.1 Å². The van der Waals surface area contributed by atoms with Gasteiger partial charge in [-0.1, -0.05) is 15.9 Å². The number of thiophene rings is 1. The third kappa shape index (κ3) is 1.66. The number of aromatic nitrogens is 1. The van der Waals surface area contributed by atoms with Crippen LogP contribution in [0.15, 0.2) is 23.7 Å².